The van der Waals surface area contributed by atoms with E-state index >= 15 is 0 Å². The molecular formula is C12H12BrN5O. The number of amides is 2. The molecule has 0 aliphatic heterocycles. The number of hydrogen-bond acceptors (Lipinski definition) is 3. The Bertz CT molecular complexity index is 564. The molecule has 2 aromatic rings. The van der Waals surface area contributed by atoms with Gasteiger partial charge in [0.25, 0.3) is 0 Å². The lowest BCUT2D eigenvalue weighted by Gasteiger charge is -2.07. The molecule has 0 fully saturated rings. The van der Waals surface area contributed by atoms with Crippen LogP contribution in [0.25, 0.3) is 5.82 Å². The molecule has 2 rings (SSSR count). The van der Waals surface area contributed by atoms with Crippen LogP contribution in [-0.4, -0.2) is 27.3 Å². The maximum atomic E-state index is 11.5. The molecule has 0 atom stereocenters. The Balaban J connectivity index is 1.95. The number of carbonyl (C=O) groups is 1. The van der Waals surface area contributed by atoms with Crippen LogP contribution in [0.1, 0.15) is 0 Å². The molecule has 19 heavy (non-hydrogen) atoms. The van der Waals surface area contributed by atoms with Gasteiger partial charge in [0.2, 0.25) is 0 Å². The maximum absolute atomic E-state index is 11.5. The zero-order valence-corrected chi connectivity index (χ0v) is 11.6. The third-order valence-corrected chi connectivity index (χ3v) is 2.47. The summed E-state index contributed by atoms with van der Waals surface area (Å²) >= 11 is 3.16. The van der Waals surface area contributed by atoms with Gasteiger partial charge in [-0.15, -0.1) is 0 Å². The minimum atomic E-state index is -0.311. The van der Waals surface area contributed by atoms with Gasteiger partial charge in [-0.05, 0) is 18.2 Å². The van der Waals surface area contributed by atoms with Gasteiger partial charge in [-0.3, -0.25) is 0 Å². The van der Waals surface area contributed by atoms with Gasteiger partial charge >= 0.3 is 6.03 Å². The van der Waals surface area contributed by atoms with E-state index in [0.717, 1.165) is 0 Å². The fraction of sp³-hybridized carbons (Fsp3) is 0.0833. The van der Waals surface area contributed by atoms with Gasteiger partial charge in [0.1, 0.15) is 0 Å². The van der Waals surface area contributed by atoms with Gasteiger partial charge in [-0.1, -0.05) is 22.5 Å². The van der Waals surface area contributed by atoms with E-state index in [1.807, 2.05) is 6.07 Å². The highest BCUT2D eigenvalue weighted by Gasteiger charge is 2.03. The van der Waals surface area contributed by atoms with Crippen molar-refractivity contribution in [2.45, 2.75) is 0 Å². The molecule has 0 bridgehead atoms. The highest BCUT2D eigenvalue weighted by Crippen LogP contribution is 2.08. The second-order valence-electron chi connectivity index (χ2n) is 3.68. The SMILES string of the molecule is C=C(Br)CNC(=O)Nc1ccc(-n2cccn2)nc1. The molecule has 0 aliphatic rings. The molecule has 0 spiro atoms. The summed E-state index contributed by atoms with van der Waals surface area (Å²) in [5.41, 5.74) is 0.605. The molecule has 0 unspecified atom stereocenters. The number of anilines is 1. The van der Waals surface area contributed by atoms with Gasteiger partial charge in [0.15, 0.2) is 5.82 Å². The van der Waals surface area contributed by atoms with Crippen molar-refractivity contribution in [3.05, 3.63) is 47.9 Å². The van der Waals surface area contributed by atoms with Gasteiger partial charge in [0.05, 0.1) is 18.4 Å². The summed E-state index contributed by atoms with van der Waals surface area (Å²) in [6, 6.07) is 5.03. The number of pyridine rings is 1. The third kappa shape index (κ3) is 3.92. The average Bonchev–Trinajstić information content (AvgIpc) is 2.91. The number of nitrogens with zero attached hydrogens (tertiary/aromatic N) is 3. The molecule has 2 heterocycles. The molecule has 0 saturated heterocycles. The van der Waals surface area contributed by atoms with E-state index in [4.69, 9.17) is 0 Å². The molecule has 2 amide bonds. The lowest BCUT2D eigenvalue weighted by atomic mass is 10.4. The van der Waals surface area contributed by atoms with Crippen LogP contribution in [0.15, 0.2) is 47.9 Å². The number of halogens is 1. The van der Waals surface area contributed by atoms with Crippen LogP contribution in [0.5, 0.6) is 0 Å². The fourth-order valence-electron chi connectivity index (χ4n) is 1.35. The largest absolute Gasteiger partial charge is 0.333 e. The Morgan fingerprint density at radius 3 is 2.89 bits per heavy atom. The number of rotatable bonds is 4. The van der Waals surface area contributed by atoms with Gasteiger partial charge in [-0.25, -0.2) is 14.5 Å². The van der Waals surface area contributed by atoms with E-state index in [1.165, 1.54) is 0 Å². The standard InChI is InChI=1S/C12H12BrN5O/c1-9(13)7-15-12(19)17-10-3-4-11(14-8-10)18-6-2-5-16-18/h2-6,8H,1,7H2,(H2,15,17,19). The monoisotopic (exact) mass is 321 g/mol. The van der Waals surface area contributed by atoms with Crippen molar-refractivity contribution in [2.75, 3.05) is 11.9 Å². The summed E-state index contributed by atoms with van der Waals surface area (Å²) in [4.78, 5) is 15.7. The van der Waals surface area contributed by atoms with Gasteiger partial charge in [-0.2, -0.15) is 5.10 Å². The first-order chi connectivity index (χ1) is 9.15. The van der Waals surface area contributed by atoms with E-state index in [0.29, 0.717) is 22.5 Å². The molecule has 2 N–H and O–H groups in total. The average molecular weight is 322 g/mol. The van der Waals surface area contributed by atoms with Gasteiger partial charge < -0.3 is 10.6 Å². The zero-order chi connectivity index (χ0) is 13.7. The van der Waals surface area contributed by atoms with E-state index in [2.05, 4.69) is 43.2 Å². The van der Waals surface area contributed by atoms with E-state index in [-0.39, 0.29) is 6.03 Å². The summed E-state index contributed by atoms with van der Waals surface area (Å²) in [6.45, 7) is 3.99. The van der Waals surface area contributed by atoms with Gasteiger partial charge in [0, 0.05) is 16.9 Å². The summed E-state index contributed by atoms with van der Waals surface area (Å²) in [6.07, 6.45) is 5.04. The zero-order valence-electron chi connectivity index (χ0n) is 10.0. The van der Waals surface area contributed by atoms with E-state index in [9.17, 15) is 4.79 Å². The van der Waals surface area contributed by atoms with Crippen molar-refractivity contribution in [2.24, 2.45) is 0 Å². The van der Waals surface area contributed by atoms with Crippen LogP contribution in [0, 0.1) is 0 Å². The Labute approximate surface area is 118 Å². The summed E-state index contributed by atoms with van der Waals surface area (Å²) < 4.78 is 2.34. The summed E-state index contributed by atoms with van der Waals surface area (Å²) in [7, 11) is 0. The molecule has 0 aromatic carbocycles. The maximum Gasteiger partial charge on any atom is 0.319 e. The van der Waals surface area contributed by atoms with Crippen molar-refractivity contribution in [3.63, 3.8) is 0 Å². The van der Waals surface area contributed by atoms with Crippen LogP contribution in [0.3, 0.4) is 0 Å². The molecule has 0 saturated carbocycles. The van der Waals surface area contributed by atoms with Crippen LogP contribution in [-0.2, 0) is 0 Å². The van der Waals surface area contributed by atoms with Crippen molar-refractivity contribution < 1.29 is 4.79 Å². The Morgan fingerprint density at radius 2 is 2.32 bits per heavy atom. The number of hydrogen-bond donors (Lipinski definition) is 2. The first kappa shape index (κ1) is 13.3. The molecule has 2 aromatic heterocycles. The first-order valence-corrected chi connectivity index (χ1v) is 6.28. The molecule has 0 radical (unpaired) electrons. The fourth-order valence-corrected chi connectivity index (χ4v) is 1.49. The molecular weight excluding hydrogens is 310 g/mol. The summed E-state index contributed by atoms with van der Waals surface area (Å²) in [5.74, 6) is 0.685. The Morgan fingerprint density at radius 1 is 1.47 bits per heavy atom. The third-order valence-electron chi connectivity index (χ3n) is 2.19. The van der Waals surface area contributed by atoms with Crippen molar-refractivity contribution >= 4 is 27.6 Å². The predicted octanol–water partition coefficient (Wildman–Crippen LogP) is 2.30. The second-order valence-corrected chi connectivity index (χ2v) is 4.80. The quantitative estimate of drug-likeness (QED) is 0.907. The normalized spacial score (nSPS) is 9.95. The topological polar surface area (TPSA) is 71.8 Å². The Kier molecular flexibility index (Phi) is 4.30. The smallest absolute Gasteiger partial charge is 0.319 e. The number of aromatic nitrogens is 3. The van der Waals surface area contributed by atoms with Crippen molar-refractivity contribution in [1.29, 1.82) is 0 Å². The highest BCUT2D eigenvalue weighted by atomic mass is 79.9. The van der Waals surface area contributed by atoms with Crippen molar-refractivity contribution in [3.8, 4) is 5.82 Å². The summed E-state index contributed by atoms with van der Waals surface area (Å²) in [5, 5.41) is 9.36. The molecule has 6 nitrogen and oxygen atoms in total. The number of urea groups is 1. The lowest BCUT2D eigenvalue weighted by Crippen LogP contribution is -2.29. The van der Waals surface area contributed by atoms with Crippen molar-refractivity contribution in [1.82, 2.24) is 20.1 Å². The van der Waals surface area contributed by atoms with E-state index in [1.54, 1.807) is 35.4 Å². The van der Waals surface area contributed by atoms with E-state index < -0.39 is 0 Å². The van der Waals surface area contributed by atoms with Crippen LogP contribution in [0.2, 0.25) is 0 Å². The molecule has 7 heteroatoms. The Hall–Kier alpha value is -2.15. The number of nitrogens with one attached hydrogen (secondary N) is 2. The van der Waals surface area contributed by atoms with Crippen LogP contribution in [0.4, 0.5) is 10.5 Å². The van der Waals surface area contributed by atoms with Crippen LogP contribution < -0.4 is 10.6 Å². The first-order valence-electron chi connectivity index (χ1n) is 5.49. The molecule has 98 valence electrons. The predicted molar refractivity (Wildman–Crippen MR) is 76.4 cm³/mol. The van der Waals surface area contributed by atoms with Crippen LogP contribution >= 0.6 is 15.9 Å². The molecule has 0 aliphatic carbocycles. The highest BCUT2D eigenvalue weighted by molar-refractivity contribution is 9.11. The number of carbonyl (C=O) groups excluding carboxylic acids is 1. The second kappa shape index (κ2) is 6.14. The lowest BCUT2D eigenvalue weighted by molar-refractivity contribution is 0.253. The minimum Gasteiger partial charge on any atom is -0.333 e. The minimum absolute atomic E-state index is 0.311.